The predicted molar refractivity (Wildman–Crippen MR) is 81.5 cm³/mol. The number of carbonyl (C=O) groups is 1. The zero-order chi connectivity index (χ0) is 14.7. The first-order chi connectivity index (χ1) is 10.3. The van der Waals surface area contributed by atoms with Gasteiger partial charge in [0, 0.05) is 11.1 Å². The lowest BCUT2D eigenvalue weighted by molar-refractivity contribution is 0.110. The molecule has 0 unspecified atom stereocenters. The van der Waals surface area contributed by atoms with Gasteiger partial charge >= 0.3 is 0 Å². The number of hydrogen-bond donors (Lipinski definition) is 0. The lowest BCUT2D eigenvalue weighted by Gasteiger charge is -2.11. The molecule has 0 bridgehead atoms. The molecule has 1 aromatic heterocycles. The van der Waals surface area contributed by atoms with Crippen LogP contribution in [-0.4, -0.2) is 13.4 Å². The molecule has 0 spiro atoms. The van der Waals surface area contributed by atoms with Crippen LogP contribution in [0.4, 0.5) is 0 Å². The Morgan fingerprint density at radius 3 is 2.19 bits per heavy atom. The van der Waals surface area contributed by atoms with Gasteiger partial charge in [0.1, 0.15) is 11.5 Å². The Labute approximate surface area is 122 Å². The van der Waals surface area contributed by atoms with E-state index in [-0.39, 0.29) is 0 Å². The topological polar surface area (TPSA) is 39.4 Å². The van der Waals surface area contributed by atoms with E-state index in [0.717, 1.165) is 22.4 Å². The third-order valence-corrected chi connectivity index (χ3v) is 3.33. The maximum Gasteiger partial charge on any atom is 0.185 e. The SMILES string of the molecule is COc1ccccc1-c1ccccc1-c1ccc(C=O)o1. The van der Waals surface area contributed by atoms with E-state index >= 15 is 0 Å². The Balaban J connectivity index is 2.18. The summed E-state index contributed by atoms with van der Waals surface area (Å²) in [5.74, 6) is 1.78. The molecule has 0 aliphatic heterocycles. The van der Waals surface area contributed by atoms with Gasteiger partial charge in [-0.05, 0) is 23.8 Å². The van der Waals surface area contributed by atoms with Crippen LogP contribution in [0.25, 0.3) is 22.5 Å². The van der Waals surface area contributed by atoms with Gasteiger partial charge in [0.15, 0.2) is 12.0 Å². The largest absolute Gasteiger partial charge is 0.496 e. The minimum absolute atomic E-state index is 0.319. The minimum atomic E-state index is 0.319. The molecule has 0 radical (unpaired) electrons. The highest BCUT2D eigenvalue weighted by atomic mass is 16.5. The number of aldehydes is 1. The van der Waals surface area contributed by atoms with Crippen molar-refractivity contribution in [3.63, 3.8) is 0 Å². The van der Waals surface area contributed by atoms with Crippen molar-refractivity contribution >= 4 is 6.29 Å². The average Bonchev–Trinajstić information content (AvgIpc) is 3.04. The maximum absolute atomic E-state index is 10.8. The highest BCUT2D eigenvalue weighted by Gasteiger charge is 2.13. The van der Waals surface area contributed by atoms with Crippen molar-refractivity contribution in [2.75, 3.05) is 7.11 Å². The van der Waals surface area contributed by atoms with Crippen molar-refractivity contribution in [2.24, 2.45) is 0 Å². The van der Waals surface area contributed by atoms with E-state index in [1.165, 1.54) is 0 Å². The lowest BCUT2D eigenvalue weighted by atomic mass is 9.97. The van der Waals surface area contributed by atoms with E-state index in [9.17, 15) is 4.79 Å². The van der Waals surface area contributed by atoms with Gasteiger partial charge in [0.2, 0.25) is 0 Å². The molecule has 21 heavy (non-hydrogen) atoms. The zero-order valence-corrected chi connectivity index (χ0v) is 11.6. The molecule has 0 aliphatic carbocycles. The maximum atomic E-state index is 10.8. The normalized spacial score (nSPS) is 10.3. The van der Waals surface area contributed by atoms with Gasteiger partial charge < -0.3 is 9.15 Å². The second-order valence-electron chi connectivity index (χ2n) is 4.57. The summed E-state index contributed by atoms with van der Waals surface area (Å²) in [5, 5.41) is 0. The van der Waals surface area contributed by atoms with Crippen LogP contribution < -0.4 is 4.74 Å². The summed E-state index contributed by atoms with van der Waals surface area (Å²) in [5.41, 5.74) is 2.91. The van der Waals surface area contributed by atoms with Crippen LogP contribution >= 0.6 is 0 Å². The molecule has 0 N–H and O–H groups in total. The number of furan rings is 1. The summed E-state index contributed by atoms with van der Waals surface area (Å²) in [6.45, 7) is 0. The van der Waals surface area contributed by atoms with Crippen LogP contribution in [0.5, 0.6) is 5.75 Å². The van der Waals surface area contributed by atoms with Crippen molar-refractivity contribution < 1.29 is 13.9 Å². The quantitative estimate of drug-likeness (QED) is 0.662. The van der Waals surface area contributed by atoms with Crippen molar-refractivity contribution in [2.45, 2.75) is 0 Å². The van der Waals surface area contributed by atoms with E-state index in [1.807, 2.05) is 48.5 Å². The smallest absolute Gasteiger partial charge is 0.185 e. The number of methoxy groups -OCH3 is 1. The molecule has 0 saturated heterocycles. The molecule has 0 amide bonds. The summed E-state index contributed by atoms with van der Waals surface area (Å²) in [4.78, 5) is 10.8. The van der Waals surface area contributed by atoms with Crippen LogP contribution in [0.1, 0.15) is 10.6 Å². The highest BCUT2D eigenvalue weighted by Crippen LogP contribution is 2.37. The van der Waals surface area contributed by atoms with E-state index in [4.69, 9.17) is 9.15 Å². The molecule has 0 atom stereocenters. The first-order valence-electron chi connectivity index (χ1n) is 6.61. The van der Waals surface area contributed by atoms with Gasteiger partial charge in [-0.25, -0.2) is 0 Å². The lowest BCUT2D eigenvalue weighted by Crippen LogP contribution is -1.89. The predicted octanol–water partition coefficient (Wildman–Crippen LogP) is 4.43. The first-order valence-corrected chi connectivity index (χ1v) is 6.61. The minimum Gasteiger partial charge on any atom is -0.496 e. The number of carbonyl (C=O) groups excluding carboxylic acids is 1. The third-order valence-electron chi connectivity index (χ3n) is 3.33. The van der Waals surface area contributed by atoms with Gasteiger partial charge in [-0.15, -0.1) is 0 Å². The second-order valence-corrected chi connectivity index (χ2v) is 4.57. The molecule has 0 fully saturated rings. The molecule has 3 aromatic rings. The van der Waals surface area contributed by atoms with Gasteiger partial charge in [-0.1, -0.05) is 42.5 Å². The fourth-order valence-corrected chi connectivity index (χ4v) is 2.36. The van der Waals surface area contributed by atoms with Gasteiger partial charge in [0.25, 0.3) is 0 Å². The number of rotatable bonds is 4. The molecule has 2 aromatic carbocycles. The van der Waals surface area contributed by atoms with Crippen LogP contribution in [0.2, 0.25) is 0 Å². The second kappa shape index (κ2) is 5.67. The monoisotopic (exact) mass is 278 g/mol. The van der Waals surface area contributed by atoms with Crippen molar-refractivity contribution in [1.29, 1.82) is 0 Å². The van der Waals surface area contributed by atoms with E-state index in [0.29, 0.717) is 17.8 Å². The molecule has 1 heterocycles. The zero-order valence-electron chi connectivity index (χ0n) is 11.6. The Kier molecular flexibility index (Phi) is 3.56. The van der Waals surface area contributed by atoms with Crippen molar-refractivity contribution in [3.05, 3.63) is 66.4 Å². The molecular weight excluding hydrogens is 264 g/mol. The number of hydrogen-bond acceptors (Lipinski definition) is 3. The summed E-state index contributed by atoms with van der Waals surface area (Å²) in [6, 6.07) is 19.2. The summed E-state index contributed by atoms with van der Waals surface area (Å²) >= 11 is 0. The van der Waals surface area contributed by atoms with Crippen LogP contribution in [-0.2, 0) is 0 Å². The fraction of sp³-hybridized carbons (Fsp3) is 0.0556. The van der Waals surface area contributed by atoms with Gasteiger partial charge in [0.05, 0.1) is 7.11 Å². The van der Waals surface area contributed by atoms with Crippen LogP contribution in [0, 0.1) is 0 Å². The number of ether oxygens (including phenoxy) is 1. The fourth-order valence-electron chi connectivity index (χ4n) is 2.36. The average molecular weight is 278 g/mol. The van der Waals surface area contributed by atoms with E-state index in [2.05, 4.69) is 0 Å². The summed E-state index contributed by atoms with van der Waals surface area (Å²) in [6.07, 6.45) is 0.704. The Morgan fingerprint density at radius 1 is 0.857 bits per heavy atom. The molecule has 3 rings (SSSR count). The highest BCUT2D eigenvalue weighted by molar-refractivity contribution is 5.85. The summed E-state index contributed by atoms with van der Waals surface area (Å²) in [7, 11) is 1.65. The Morgan fingerprint density at radius 2 is 1.52 bits per heavy atom. The number of benzene rings is 2. The van der Waals surface area contributed by atoms with Gasteiger partial charge in [-0.2, -0.15) is 0 Å². The molecule has 3 nitrogen and oxygen atoms in total. The van der Waals surface area contributed by atoms with Crippen LogP contribution in [0.3, 0.4) is 0 Å². The van der Waals surface area contributed by atoms with Crippen molar-refractivity contribution in [3.8, 4) is 28.2 Å². The van der Waals surface area contributed by atoms with Gasteiger partial charge in [-0.3, -0.25) is 4.79 Å². The number of para-hydroxylation sites is 1. The van der Waals surface area contributed by atoms with E-state index < -0.39 is 0 Å². The van der Waals surface area contributed by atoms with Crippen LogP contribution in [0.15, 0.2) is 65.1 Å². The third kappa shape index (κ3) is 2.46. The van der Waals surface area contributed by atoms with Crippen molar-refractivity contribution in [1.82, 2.24) is 0 Å². The molecule has 104 valence electrons. The summed E-state index contributed by atoms with van der Waals surface area (Å²) < 4.78 is 11.0. The standard InChI is InChI=1S/C18H14O3/c1-20-17-9-5-4-7-15(17)14-6-2-3-8-16(14)18-11-10-13(12-19)21-18/h2-12H,1H3. The molecule has 0 aliphatic rings. The molecular formula is C18H14O3. The Bertz CT molecular complexity index is 771. The molecule has 3 heteroatoms. The van der Waals surface area contributed by atoms with E-state index in [1.54, 1.807) is 19.2 Å². The first kappa shape index (κ1) is 13.2. The Hall–Kier alpha value is -2.81. The molecule has 0 saturated carbocycles.